The first-order chi connectivity index (χ1) is 9.79. The molecule has 0 amide bonds. The predicted octanol–water partition coefficient (Wildman–Crippen LogP) is 3.21. The van der Waals surface area contributed by atoms with Crippen molar-refractivity contribution in [3.05, 3.63) is 56.1 Å². The molecule has 0 radical (unpaired) electrons. The highest BCUT2D eigenvalue weighted by Gasteiger charge is 2.22. The zero-order valence-corrected chi connectivity index (χ0v) is 13.3. The van der Waals surface area contributed by atoms with Crippen LogP contribution in [0.2, 0.25) is 5.15 Å². The molecule has 1 aromatic heterocycles. The third-order valence-corrected chi connectivity index (χ3v) is 4.49. The van der Waals surface area contributed by atoms with Crippen LogP contribution in [0, 0.1) is 10.1 Å². The maximum absolute atomic E-state index is 12.2. The zero-order chi connectivity index (χ0) is 15.6. The second kappa shape index (κ2) is 5.96. The molecule has 2 rings (SSSR count). The molecule has 0 aliphatic heterocycles. The Morgan fingerprint density at radius 3 is 2.38 bits per heavy atom. The first kappa shape index (κ1) is 15.7. The van der Waals surface area contributed by atoms with Crippen LogP contribution < -0.4 is 4.72 Å². The Bertz CT molecular complexity index is 796. The summed E-state index contributed by atoms with van der Waals surface area (Å²) in [7, 11) is -4.00. The summed E-state index contributed by atoms with van der Waals surface area (Å²) in [5.41, 5.74) is -0.486. The van der Waals surface area contributed by atoms with Gasteiger partial charge in [0.15, 0.2) is 0 Å². The molecule has 110 valence electrons. The topological polar surface area (TPSA) is 102 Å². The number of nitrogens with one attached hydrogen (secondary N) is 1. The molecule has 0 spiro atoms. The van der Waals surface area contributed by atoms with Gasteiger partial charge in [0.25, 0.3) is 10.0 Å². The number of benzene rings is 1. The number of rotatable bonds is 4. The first-order valence-corrected chi connectivity index (χ1v) is 8.04. The summed E-state index contributed by atoms with van der Waals surface area (Å²) < 4.78 is 27.1. The quantitative estimate of drug-likeness (QED) is 0.489. The van der Waals surface area contributed by atoms with Gasteiger partial charge in [0, 0.05) is 10.5 Å². The van der Waals surface area contributed by atoms with Crippen LogP contribution in [0.3, 0.4) is 0 Å². The number of pyridine rings is 1. The van der Waals surface area contributed by atoms with Crippen LogP contribution in [0.25, 0.3) is 0 Å². The van der Waals surface area contributed by atoms with Gasteiger partial charge in [-0.1, -0.05) is 27.5 Å². The van der Waals surface area contributed by atoms with E-state index in [0.717, 1.165) is 6.07 Å². The summed E-state index contributed by atoms with van der Waals surface area (Å²) in [5.74, 6) is -0.435. The van der Waals surface area contributed by atoms with E-state index in [1.165, 1.54) is 30.3 Å². The molecule has 0 saturated heterocycles. The van der Waals surface area contributed by atoms with Crippen molar-refractivity contribution in [3.8, 4) is 0 Å². The second-order valence-electron chi connectivity index (χ2n) is 3.82. The molecule has 0 fully saturated rings. The lowest BCUT2D eigenvalue weighted by Gasteiger charge is -2.08. The molecule has 10 heteroatoms. The SMILES string of the molecule is O=[N+]([O-])c1ccc(Cl)nc1NS(=O)(=O)c1ccc(Br)cc1. The third-order valence-electron chi connectivity index (χ3n) is 2.39. The van der Waals surface area contributed by atoms with Gasteiger partial charge >= 0.3 is 5.69 Å². The van der Waals surface area contributed by atoms with Crippen molar-refractivity contribution in [1.29, 1.82) is 0 Å². The monoisotopic (exact) mass is 391 g/mol. The Balaban J connectivity index is 2.43. The summed E-state index contributed by atoms with van der Waals surface area (Å²) >= 11 is 8.83. The molecular weight excluding hydrogens is 386 g/mol. The maximum atomic E-state index is 12.2. The smallest absolute Gasteiger partial charge is 0.258 e. The molecule has 2 aromatic rings. The van der Waals surface area contributed by atoms with Crippen molar-refractivity contribution in [2.24, 2.45) is 0 Å². The number of nitro groups is 1. The average molecular weight is 393 g/mol. The second-order valence-corrected chi connectivity index (χ2v) is 6.80. The Labute approximate surface area is 133 Å². The molecule has 1 heterocycles. The number of sulfonamides is 1. The van der Waals surface area contributed by atoms with E-state index in [2.05, 4.69) is 25.6 Å². The summed E-state index contributed by atoms with van der Waals surface area (Å²) in [5, 5.41) is 10.8. The number of hydrogen-bond acceptors (Lipinski definition) is 5. The predicted molar refractivity (Wildman–Crippen MR) is 80.9 cm³/mol. The van der Waals surface area contributed by atoms with Crippen molar-refractivity contribution < 1.29 is 13.3 Å². The Morgan fingerprint density at radius 2 is 1.81 bits per heavy atom. The molecule has 0 aliphatic rings. The summed E-state index contributed by atoms with van der Waals surface area (Å²) in [6.45, 7) is 0. The Kier molecular flexibility index (Phi) is 4.45. The molecule has 7 nitrogen and oxygen atoms in total. The number of anilines is 1. The fraction of sp³-hybridized carbons (Fsp3) is 0. The highest BCUT2D eigenvalue weighted by atomic mass is 79.9. The van der Waals surface area contributed by atoms with E-state index in [0.29, 0.717) is 4.47 Å². The van der Waals surface area contributed by atoms with Crippen LogP contribution in [0.5, 0.6) is 0 Å². The van der Waals surface area contributed by atoms with Crippen molar-refractivity contribution in [1.82, 2.24) is 4.98 Å². The largest absolute Gasteiger partial charge is 0.312 e. The van der Waals surface area contributed by atoms with Gasteiger partial charge in [0.1, 0.15) is 5.15 Å². The van der Waals surface area contributed by atoms with Crippen LogP contribution in [0.4, 0.5) is 11.5 Å². The molecule has 0 atom stereocenters. The lowest BCUT2D eigenvalue weighted by atomic mass is 10.4. The van der Waals surface area contributed by atoms with E-state index < -0.39 is 26.5 Å². The molecule has 0 unspecified atom stereocenters. The van der Waals surface area contributed by atoms with E-state index in [1.807, 2.05) is 0 Å². The van der Waals surface area contributed by atoms with Gasteiger partial charge in [-0.15, -0.1) is 0 Å². The van der Waals surface area contributed by atoms with Crippen molar-refractivity contribution in [2.75, 3.05) is 4.72 Å². The standard InChI is InChI=1S/C11H7BrClN3O4S/c12-7-1-3-8(4-2-7)21(19,20)15-11-9(16(17)18)5-6-10(13)14-11/h1-6H,(H,14,15). The van der Waals surface area contributed by atoms with Gasteiger partial charge in [0.2, 0.25) is 5.82 Å². The zero-order valence-electron chi connectivity index (χ0n) is 10.2. The van der Waals surface area contributed by atoms with E-state index in [-0.39, 0.29) is 10.0 Å². The number of aromatic nitrogens is 1. The summed E-state index contributed by atoms with van der Waals surface area (Å²) in [6.07, 6.45) is 0. The van der Waals surface area contributed by atoms with Gasteiger partial charge in [-0.25, -0.2) is 13.4 Å². The third kappa shape index (κ3) is 3.69. The number of hydrogen-bond donors (Lipinski definition) is 1. The maximum Gasteiger partial charge on any atom is 0.312 e. The minimum absolute atomic E-state index is 0.0539. The van der Waals surface area contributed by atoms with Gasteiger partial charge < -0.3 is 0 Å². The average Bonchev–Trinajstić information content (AvgIpc) is 2.38. The fourth-order valence-electron chi connectivity index (χ4n) is 1.45. The van der Waals surface area contributed by atoms with Gasteiger partial charge in [-0.05, 0) is 30.3 Å². The minimum atomic E-state index is -4.00. The summed E-state index contributed by atoms with van der Waals surface area (Å²) in [6, 6.07) is 8.06. The van der Waals surface area contributed by atoms with E-state index >= 15 is 0 Å². The van der Waals surface area contributed by atoms with Crippen LogP contribution >= 0.6 is 27.5 Å². The van der Waals surface area contributed by atoms with Gasteiger partial charge in [-0.3, -0.25) is 14.8 Å². The highest BCUT2D eigenvalue weighted by molar-refractivity contribution is 9.10. The van der Waals surface area contributed by atoms with E-state index in [4.69, 9.17) is 11.6 Å². The van der Waals surface area contributed by atoms with E-state index in [9.17, 15) is 18.5 Å². The van der Waals surface area contributed by atoms with Crippen LogP contribution in [0.1, 0.15) is 0 Å². The lowest BCUT2D eigenvalue weighted by Crippen LogP contribution is -2.15. The Morgan fingerprint density at radius 1 is 1.19 bits per heavy atom. The fourth-order valence-corrected chi connectivity index (χ4v) is 2.88. The molecule has 1 aromatic carbocycles. The molecule has 21 heavy (non-hydrogen) atoms. The normalized spacial score (nSPS) is 11.1. The first-order valence-electron chi connectivity index (χ1n) is 5.39. The Hall–Kier alpha value is -1.71. The number of halogens is 2. The van der Waals surface area contributed by atoms with Crippen molar-refractivity contribution in [2.45, 2.75) is 4.90 Å². The van der Waals surface area contributed by atoms with Crippen molar-refractivity contribution in [3.63, 3.8) is 0 Å². The van der Waals surface area contributed by atoms with Gasteiger partial charge in [0.05, 0.1) is 9.82 Å². The summed E-state index contributed by atoms with van der Waals surface area (Å²) in [4.78, 5) is 13.7. The van der Waals surface area contributed by atoms with Crippen LogP contribution in [-0.2, 0) is 10.0 Å². The molecule has 0 bridgehead atoms. The molecule has 0 saturated carbocycles. The van der Waals surface area contributed by atoms with Crippen molar-refractivity contribution >= 4 is 49.1 Å². The van der Waals surface area contributed by atoms with Gasteiger partial charge in [-0.2, -0.15) is 0 Å². The molecule has 1 N–H and O–H groups in total. The van der Waals surface area contributed by atoms with E-state index in [1.54, 1.807) is 0 Å². The van der Waals surface area contributed by atoms with Crippen LogP contribution in [-0.4, -0.2) is 18.3 Å². The minimum Gasteiger partial charge on any atom is -0.258 e. The lowest BCUT2D eigenvalue weighted by molar-refractivity contribution is -0.384. The van der Waals surface area contributed by atoms with Crippen LogP contribution in [0.15, 0.2) is 45.8 Å². The molecule has 0 aliphatic carbocycles. The number of nitrogens with zero attached hydrogens (tertiary/aromatic N) is 2. The molecular formula is C11H7BrClN3O4S. The highest BCUT2D eigenvalue weighted by Crippen LogP contribution is 2.26.